The summed E-state index contributed by atoms with van der Waals surface area (Å²) in [5.41, 5.74) is 8.56. The van der Waals surface area contributed by atoms with Crippen molar-refractivity contribution in [3.8, 4) is 11.5 Å². The first-order chi connectivity index (χ1) is 17.9. The number of H-pyrrole nitrogens is 1. The number of aliphatic hydroxyl groups excluding tert-OH is 1. The molecular weight excluding hydrogens is 474 g/mol. The first kappa shape index (κ1) is 25.7. The first-order valence-electron chi connectivity index (χ1n) is 11.8. The van der Waals surface area contributed by atoms with Crippen LogP contribution in [-0.2, 0) is 24.4 Å². The van der Waals surface area contributed by atoms with Gasteiger partial charge < -0.3 is 35.7 Å². The zero-order valence-corrected chi connectivity index (χ0v) is 20.1. The molecule has 37 heavy (non-hydrogen) atoms. The summed E-state index contributed by atoms with van der Waals surface area (Å²) in [4.78, 5) is 25.0. The Morgan fingerprint density at radius 1 is 0.973 bits per heavy atom. The van der Waals surface area contributed by atoms with Crippen molar-refractivity contribution in [3.63, 3.8) is 0 Å². The van der Waals surface area contributed by atoms with E-state index in [4.69, 9.17) is 15.2 Å². The molecule has 0 aliphatic carbocycles. The van der Waals surface area contributed by atoms with Crippen LogP contribution in [0.4, 0.5) is 4.79 Å². The van der Waals surface area contributed by atoms with Crippen LogP contribution >= 0.6 is 0 Å². The number of primary amides is 1. The van der Waals surface area contributed by atoms with Gasteiger partial charge in [0, 0.05) is 18.0 Å². The number of nitrogens with one attached hydrogen (secondary N) is 2. The molecule has 192 valence electrons. The number of pyridine rings is 1. The van der Waals surface area contributed by atoms with Gasteiger partial charge >= 0.3 is 6.09 Å². The third kappa shape index (κ3) is 7.09. The minimum Gasteiger partial charge on any atom is -0.506 e. The smallest absolute Gasteiger partial charge is 0.404 e. The number of rotatable bonds is 11. The number of aromatic nitrogens is 1. The standard InChI is InChI=1S/C28H29N3O6/c29-28(35)37-17-20-5-2-6-21(14-20)36-16-19-4-1-3-18(13-19)11-12-30-15-25(33)22-7-9-24(32)27-23(22)8-10-26(34)31-27/h1-10,13-14,25,30,32-33H,11-12,15-17H2,(H2,29,35)(H,31,34). The number of phenolic OH excluding ortho intramolecular Hbond substituents is 1. The highest BCUT2D eigenvalue weighted by Crippen LogP contribution is 2.28. The average Bonchev–Trinajstić information content (AvgIpc) is 2.89. The van der Waals surface area contributed by atoms with Crippen molar-refractivity contribution in [2.24, 2.45) is 5.73 Å². The lowest BCUT2D eigenvalue weighted by atomic mass is 10.0. The predicted octanol–water partition coefficient (Wildman–Crippen LogP) is 3.27. The second kappa shape index (κ2) is 12.1. The van der Waals surface area contributed by atoms with E-state index in [2.05, 4.69) is 16.4 Å². The number of benzene rings is 3. The Morgan fingerprint density at radius 3 is 2.54 bits per heavy atom. The van der Waals surface area contributed by atoms with Gasteiger partial charge in [0.25, 0.3) is 0 Å². The summed E-state index contributed by atoms with van der Waals surface area (Å²) in [5, 5.41) is 24.6. The topological polar surface area (TPSA) is 147 Å². The van der Waals surface area contributed by atoms with Crippen LogP contribution < -0.4 is 21.3 Å². The molecule has 1 amide bonds. The number of hydrogen-bond acceptors (Lipinski definition) is 7. The minimum absolute atomic E-state index is 0.0368. The molecule has 1 unspecified atom stereocenters. The van der Waals surface area contributed by atoms with Crippen LogP contribution in [0, 0.1) is 0 Å². The second-order valence-electron chi connectivity index (χ2n) is 8.62. The van der Waals surface area contributed by atoms with Crippen molar-refractivity contribution >= 4 is 17.0 Å². The molecule has 0 aliphatic heterocycles. The fourth-order valence-electron chi connectivity index (χ4n) is 4.05. The molecule has 0 fully saturated rings. The number of carbonyl (C=O) groups is 1. The van der Waals surface area contributed by atoms with E-state index in [0.717, 1.165) is 23.1 Å². The number of aromatic hydroxyl groups is 1. The second-order valence-corrected chi connectivity index (χ2v) is 8.62. The van der Waals surface area contributed by atoms with E-state index in [1.54, 1.807) is 18.2 Å². The molecule has 1 heterocycles. The van der Waals surface area contributed by atoms with Crippen LogP contribution in [0.25, 0.3) is 10.9 Å². The van der Waals surface area contributed by atoms with Crippen molar-refractivity contribution in [2.45, 2.75) is 25.7 Å². The number of fused-ring (bicyclic) bond motifs is 1. The Balaban J connectivity index is 1.27. The zero-order valence-electron chi connectivity index (χ0n) is 20.1. The van der Waals surface area contributed by atoms with E-state index < -0.39 is 12.2 Å². The maximum atomic E-state index is 11.6. The third-order valence-electron chi connectivity index (χ3n) is 5.87. The van der Waals surface area contributed by atoms with Gasteiger partial charge in [-0.2, -0.15) is 0 Å². The van der Waals surface area contributed by atoms with Crippen molar-refractivity contribution in [1.82, 2.24) is 10.3 Å². The van der Waals surface area contributed by atoms with Crippen molar-refractivity contribution < 1.29 is 24.5 Å². The Kier molecular flexibility index (Phi) is 8.40. The van der Waals surface area contributed by atoms with E-state index in [9.17, 15) is 19.8 Å². The highest BCUT2D eigenvalue weighted by atomic mass is 16.5. The van der Waals surface area contributed by atoms with Gasteiger partial charge in [-0.25, -0.2) is 4.79 Å². The highest BCUT2D eigenvalue weighted by molar-refractivity contribution is 5.87. The quantitative estimate of drug-likeness (QED) is 0.197. The fourth-order valence-corrected chi connectivity index (χ4v) is 4.05. The van der Waals surface area contributed by atoms with Gasteiger partial charge in [0.2, 0.25) is 5.56 Å². The minimum atomic E-state index is -0.821. The predicted molar refractivity (Wildman–Crippen MR) is 139 cm³/mol. The lowest BCUT2D eigenvalue weighted by molar-refractivity contribution is 0.150. The van der Waals surface area contributed by atoms with Crippen molar-refractivity contribution in [3.05, 3.63) is 105 Å². The Hall–Kier alpha value is -4.34. The van der Waals surface area contributed by atoms with Gasteiger partial charge in [0.15, 0.2) is 0 Å². The number of ether oxygens (including phenoxy) is 2. The zero-order chi connectivity index (χ0) is 26.2. The van der Waals surface area contributed by atoms with Crippen LogP contribution in [-0.4, -0.2) is 34.4 Å². The summed E-state index contributed by atoms with van der Waals surface area (Å²) in [6.45, 7) is 1.44. The number of aromatic amines is 1. The van der Waals surface area contributed by atoms with E-state index in [0.29, 0.717) is 41.9 Å². The molecule has 4 rings (SSSR count). The van der Waals surface area contributed by atoms with Crippen LogP contribution in [0.2, 0.25) is 0 Å². The number of phenols is 1. The monoisotopic (exact) mass is 503 g/mol. The molecule has 9 nitrogen and oxygen atoms in total. The molecule has 0 spiro atoms. The van der Waals surface area contributed by atoms with Gasteiger partial charge in [-0.1, -0.05) is 42.5 Å². The highest BCUT2D eigenvalue weighted by Gasteiger charge is 2.13. The molecule has 0 saturated carbocycles. The molecule has 0 saturated heterocycles. The van der Waals surface area contributed by atoms with Gasteiger partial charge in [-0.05, 0) is 59.5 Å². The maximum absolute atomic E-state index is 11.6. The van der Waals surface area contributed by atoms with Crippen LogP contribution in [0.3, 0.4) is 0 Å². The van der Waals surface area contributed by atoms with Gasteiger partial charge in [-0.3, -0.25) is 4.79 Å². The number of aliphatic hydroxyl groups is 1. The van der Waals surface area contributed by atoms with Gasteiger partial charge in [0.05, 0.1) is 11.6 Å². The molecule has 4 aromatic rings. The summed E-state index contributed by atoms with van der Waals surface area (Å²) < 4.78 is 10.7. The summed E-state index contributed by atoms with van der Waals surface area (Å²) in [6, 6.07) is 21.5. The van der Waals surface area contributed by atoms with E-state index in [1.165, 1.54) is 12.1 Å². The lowest BCUT2D eigenvalue weighted by Gasteiger charge is -2.15. The van der Waals surface area contributed by atoms with E-state index in [-0.39, 0.29) is 17.9 Å². The SMILES string of the molecule is NC(=O)OCc1cccc(OCc2cccc(CCNCC(O)c3ccc(O)c4[nH]c(=O)ccc34)c2)c1. The molecule has 0 radical (unpaired) electrons. The van der Waals surface area contributed by atoms with Crippen molar-refractivity contribution in [1.29, 1.82) is 0 Å². The van der Waals surface area contributed by atoms with Crippen LogP contribution in [0.1, 0.15) is 28.4 Å². The fraction of sp³-hybridized carbons (Fsp3) is 0.214. The van der Waals surface area contributed by atoms with E-state index >= 15 is 0 Å². The summed E-state index contributed by atoms with van der Waals surface area (Å²) in [5.74, 6) is 0.628. The molecule has 9 heteroatoms. The first-order valence-corrected chi connectivity index (χ1v) is 11.8. The normalized spacial score (nSPS) is 11.8. The van der Waals surface area contributed by atoms with Gasteiger partial charge in [0.1, 0.15) is 24.7 Å². The molecule has 1 atom stereocenters. The molecule has 0 bridgehead atoms. The Morgan fingerprint density at radius 2 is 1.73 bits per heavy atom. The van der Waals surface area contributed by atoms with Crippen LogP contribution in [0.5, 0.6) is 11.5 Å². The molecular formula is C28H29N3O6. The summed E-state index contributed by atoms with van der Waals surface area (Å²) in [7, 11) is 0. The lowest BCUT2D eigenvalue weighted by Crippen LogP contribution is -2.24. The molecule has 6 N–H and O–H groups in total. The Bertz CT molecular complexity index is 1440. The number of amides is 1. The molecule has 3 aromatic carbocycles. The van der Waals surface area contributed by atoms with E-state index in [1.807, 2.05) is 36.4 Å². The number of nitrogens with two attached hydrogens (primary N) is 1. The third-order valence-corrected chi connectivity index (χ3v) is 5.87. The summed E-state index contributed by atoms with van der Waals surface area (Å²) >= 11 is 0. The number of hydrogen-bond donors (Lipinski definition) is 5. The van der Waals surface area contributed by atoms with Gasteiger partial charge in [-0.15, -0.1) is 0 Å². The number of carbonyl (C=O) groups excluding carboxylic acids is 1. The molecule has 0 aliphatic rings. The van der Waals surface area contributed by atoms with Crippen molar-refractivity contribution in [2.75, 3.05) is 13.1 Å². The maximum Gasteiger partial charge on any atom is 0.404 e. The molecule has 1 aromatic heterocycles. The van der Waals surface area contributed by atoms with Crippen LogP contribution in [0.15, 0.2) is 77.6 Å². The Labute approximate surface area is 213 Å². The summed E-state index contributed by atoms with van der Waals surface area (Å²) in [6.07, 6.45) is -0.874. The average molecular weight is 504 g/mol. The largest absolute Gasteiger partial charge is 0.506 e.